The maximum atomic E-state index is 12.0. The number of carbonyl (C=O) groups is 1. The first-order valence-electron chi connectivity index (χ1n) is 9.73. The summed E-state index contributed by atoms with van der Waals surface area (Å²) in [4.78, 5) is 20.0. The van der Waals surface area contributed by atoms with Crippen molar-refractivity contribution in [1.82, 2.24) is 9.97 Å². The van der Waals surface area contributed by atoms with Gasteiger partial charge in [-0.3, -0.25) is 4.98 Å². The van der Waals surface area contributed by atoms with Gasteiger partial charge in [-0.1, -0.05) is 12.1 Å². The molecular formula is C23H20N4O2. The number of pyridine rings is 1. The number of nitrogens with one attached hydrogen (secondary N) is 1. The monoisotopic (exact) mass is 384 g/mol. The molecule has 0 saturated heterocycles. The molecule has 0 bridgehead atoms. The second-order valence-corrected chi connectivity index (χ2v) is 8.10. The minimum atomic E-state index is -0.902. The first-order chi connectivity index (χ1) is 14.0. The predicted octanol–water partition coefficient (Wildman–Crippen LogP) is 3.45. The minimum absolute atomic E-state index is 0.276. The lowest BCUT2D eigenvalue weighted by atomic mass is 9.88. The van der Waals surface area contributed by atoms with E-state index in [4.69, 9.17) is 5.73 Å². The Balaban J connectivity index is 1.64. The Kier molecular flexibility index (Phi) is 3.83. The maximum absolute atomic E-state index is 12.0. The quantitative estimate of drug-likeness (QED) is 0.637. The van der Waals surface area contributed by atoms with Crippen molar-refractivity contribution in [2.75, 3.05) is 0 Å². The number of aromatic carboxylic acids is 1. The lowest BCUT2D eigenvalue weighted by Gasteiger charge is -2.17. The highest BCUT2D eigenvalue weighted by Gasteiger charge is 2.40. The van der Waals surface area contributed by atoms with Gasteiger partial charge in [0.05, 0.1) is 28.6 Å². The summed E-state index contributed by atoms with van der Waals surface area (Å²) in [5.41, 5.74) is 13.1. The summed E-state index contributed by atoms with van der Waals surface area (Å²) in [6.07, 6.45) is 5.69. The SMILES string of the molecule is N#Cc1cccc(-c2cc3c(cn2)CCc2c-3[nH]c(CC3(N)CC3)c2C(=O)O)c1. The van der Waals surface area contributed by atoms with E-state index < -0.39 is 5.97 Å². The summed E-state index contributed by atoms with van der Waals surface area (Å²) in [6.45, 7) is 0. The molecule has 6 heteroatoms. The van der Waals surface area contributed by atoms with Crippen molar-refractivity contribution >= 4 is 5.97 Å². The molecule has 0 amide bonds. The number of fused-ring (bicyclic) bond motifs is 3. The van der Waals surface area contributed by atoms with Crippen molar-refractivity contribution in [3.05, 3.63) is 64.5 Å². The zero-order chi connectivity index (χ0) is 20.2. The minimum Gasteiger partial charge on any atom is -0.478 e. The lowest BCUT2D eigenvalue weighted by Crippen LogP contribution is -2.25. The third kappa shape index (κ3) is 3.00. The Labute approximate surface area is 168 Å². The zero-order valence-electron chi connectivity index (χ0n) is 15.8. The van der Waals surface area contributed by atoms with Crippen LogP contribution in [0.3, 0.4) is 0 Å². The Morgan fingerprint density at radius 1 is 1.31 bits per heavy atom. The molecule has 29 heavy (non-hydrogen) atoms. The normalized spacial score (nSPS) is 15.9. The van der Waals surface area contributed by atoms with Crippen LogP contribution in [0.15, 0.2) is 36.5 Å². The molecular weight excluding hydrogens is 364 g/mol. The molecule has 5 rings (SSSR count). The van der Waals surface area contributed by atoms with E-state index in [0.29, 0.717) is 24.0 Å². The molecule has 0 unspecified atom stereocenters. The number of hydrogen-bond acceptors (Lipinski definition) is 4. The lowest BCUT2D eigenvalue weighted by molar-refractivity contribution is 0.0694. The highest BCUT2D eigenvalue weighted by molar-refractivity contribution is 5.95. The molecule has 4 N–H and O–H groups in total. The molecule has 2 aliphatic carbocycles. The van der Waals surface area contributed by atoms with Gasteiger partial charge in [0.15, 0.2) is 0 Å². The number of carboxylic acid groups (broad SMARTS) is 1. The molecule has 6 nitrogen and oxygen atoms in total. The van der Waals surface area contributed by atoms with Gasteiger partial charge in [0.2, 0.25) is 0 Å². The molecule has 1 aromatic carbocycles. The van der Waals surface area contributed by atoms with Gasteiger partial charge in [-0.05, 0) is 55.0 Å². The highest BCUT2D eigenvalue weighted by Crippen LogP contribution is 2.41. The van der Waals surface area contributed by atoms with E-state index in [2.05, 4.69) is 16.0 Å². The van der Waals surface area contributed by atoms with Crippen LogP contribution in [-0.2, 0) is 19.3 Å². The van der Waals surface area contributed by atoms with E-state index in [0.717, 1.165) is 58.6 Å². The van der Waals surface area contributed by atoms with Crippen LogP contribution in [0.5, 0.6) is 0 Å². The van der Waals surface area contributed by atoms with Crippen molar-refractivity contribution in [1.29, 1.82) is 5.26 Å². The van der Waals surface area contributed by atoms with E-state index in [9.17, 15) is 15.2 Å². The number of aromatic amines is 1. The second kappa shape index (κ2) is 6.29. The van der Waals surface area contributed by atoms with Crippen LogP contribution in [0, 0.1) is 11.3 Å². The van der Waals surface area contributed by atoms with Gasteiger partial charge >= 0.3 is 5.97 Å². The van der Waals surface area contributed by atoms with Crippen LogP contribution in [0.2, 0.25) is 0 Å². The first kappa shape index (κ1) is 17.7. The van der Waals surface area contributed by atoms with Gasteiger partial charge < -0.3 is 15.8 Å². The molecule has 1 fully saturated rings. The molecule has 0 atom stereocenters. The number of aromatic nitrogens is 2. The number of nitriles is 1. The van der Waals surface area contributed by atoms with Gasteiger partial charge in [0.1, 0.15) is 0 Å². The van der Waals surface area contributed by atoms with E-state index in [1.165, 1.54) is 0 Å². The second-order valence-electron chi connectivity index (χ2n) is 8.10. The highest BCUT2D eigenvalue weighted by atomic mass is 16.4. The number of hydrogen-bond donors (Lipinski definition) is 3. The molecule has 144 valence electrons. The molecule has 2 aliphatic rings. The number of H-pyrrole nitrogens is 1. The average molecular weight is 384 g/mol. The predicted molar refractivity (Wildman–Crippen MR) is 108 cm³/mol. The Morgan fingerprint density at radius 2 is 2.14 bits per heavy atom. The van der Waals surface area contributed by atoms with Gasteiger partial charge in [-0.15, -0.1) is 0 Å². The summed E-state index contributed by atoms with van der Waals surface area (Å²) in [5.74, 6) is -0.902. The van der Waals surface area contributed by atoms with Crippen LogP contribution >= 0.6 is 0 Å². The number of nitrogens with two attached hydrogens (primary N) is 1. The molecule has 2 heterocycles. The van der Waals surface area contributed by atoms with E-state index in [1.54, 1.807) is 6.07 Å². The fourth-order valence-electron chi connectivity index (χ4n) is 4.24. The van der Waals surface area contributed by atoms with Gasteiger partial charge in [0, 0.05) is 35.0 Å². The zero-order valence-corrected chi connectivity index (χ0v) is 15.8. The molecule has 0 aliphatic heterocycles. The van der Waals surface area contributed by atoms with Gasteiger partial charge in [0.25, 0.3) is 0 Å². The number of nitrogens with zero attached hydrogens (tertiary/aromatic N) is 2. The standard InChI is InChI=1S/C23H20N4O2/c24-11-13-2-1-3-14(8-13)18-9-17-15(12-26-18)4-5-16-20(22(28)29)19(27-21(16)17)10-23(25)6-7-23/h1-3,8-9,12,27H,4-7,10,25H2,(H,28,29). The number of rotatable bonds is 4. The van der Waals surface area contributed by atoms with E-state index in [1.807, 2.05) is 30.5 Å². The molecule has 0 spiro atoms. The Morgan fingerprint density at radius 3 is 2.86 bits per heavy atom. The van der Waals surface area contributed by atoms with E-state index in [-0.39, 0.29) is 5.54 Å². The van der Waals surface area contributed by atoms with E-state index >= 15 is 0 Å². The molecule has 3 aromatic rings. The Bertz CT molecular complexity index is 1200. The summed E-state index contributed by atoms with van der Waals surface area (Å²) in [6, 6.07) is 11.5. The summed E-state index contributed by atoms with van der Waals surface area (Å²) in [7, 11) is 0. The number of carboxylic acids is 1. The smallest absolute Gasteiger partial charge is 0.337 e. The largest absolute Gasteiger partial charge is 0.478 e. The molecule has 0 radical (unpaired) electrons. The average Bonchev–Trinajstić information content (AvgIpc) is 3.33. The van der Waals surface area contributed by atoms with Crippen LogP contribution in [0.4, 0.5) is 0 Å². The fourth-order valence-corrected chi connectivity index (χ4v) is 4.24. The molecule has 2 aromatic heterocycles. The van der Waals surface area contributed by atoms with Crippen LogP contribution < -0.4 is 5.73 Å². The van der Waals surface area contributed by atoms with Crippen molar-refractivity contribution < 1.29 is 9.90 Å². The maximum Gasteiger partial charge on any atom is 0.337 e. The van der Waals surface area contributed by atoms with Gasteiger partial charge in [-0.2, -0.15) is 5.26 Å². The van der Waals surface area contributed by atoms with Crippen LogP contribution in [0.25, 0.3) is 22.5 Å². The summed E-state index contributed by atoms with van der Waals surface area (Å²) >= 11 is 0. The summed E-state index contributed by atoms with van der Waals surface area (Å²) < 4.78 is 0. The van der Waals surface area contributed by atoms with Crippen molar-refractivity contribution in [3.63, 3.8) is 0 Å². The fraction of sp³-hybridized carbons (Fsp3) is 0.261. The number of aryl methyl sites for hydroxylation is 1. The van der Waals surface area contributed by atoms with Crippen molar-refractivity contribution in [2.45, 2.75) is 37.6 Å². The first-order valence-corrected chi connectivity index (χ1v) is 9.73. The number of benzene rings is 1. The molecule has 1 saturated carbocycles. The topological polar surface area (TPSA) is 116 Å². The third-order valence-corrected chi connectivity index (χ3v) is 6.00. The Hall–Kier alpha value is -3.43. The van der Waals surface area contributed by atoms with Crippen molar-refractivity contribution in [2.24, 2.45) is 5.73 Å². The summed E-state index contributed by atoms with van der Waals surface area (Å²) in [5, 5.41) is 19.0. The van der Waals surface area contributed by atoms with Gasteiger partial charge in [-0.25, -0.2) is 4.79 Å². The third-order valence-electron chi connectivity index (χ3n) is 6.00. The van der Waals surface area contributed by atoms with Crippen LogP contribution in [-0.4, -0.2) is 26.6 Å². The van der Waals surface area contributed by atoms with Crippen molar-refractivity contribution in [3.8, 4) is 28.6 Å². The van der Waals surface area contributed by atoms with Crippen LogP contribution in [0.1, 0.15) is 45.6 Å².